The second-order valence-electron chi connectivity index (χ2n) is 1.51. The Morgan fingerprint density at radius 3 is 2.88 bits per heavy atom. The third-order valence-electron chi connectivity index (χ3n) is 0.834. The lowest BCUT2D eigenvalue weighted by Gasteiger charge is -2.03. The van der Waals surface area contributed by atoms with Crippen molar-refractivity contribution in [1.29, 1.82) is 0 Å². The number of rotatable bonds is 4. The third kappa shape index (κ3) is 4.56. The molecule has 0 rings (SSSR count). The molecule has 0 saturated heterocycles. The summed E-state index contributed by atoms with van der Waals surface area (Å²) in [5.41, 5.74) is 0. The van der Waals surface area contributed by atoms with Gasteiger partial charge in [-0.1, -0.05) is 19.1 Å². The van der Waals surface area contributed by atoms with Crippen molar-refractivity contribution in [3.05, 3.63) is 0 Å². The summed E-state index contributed by atoms with van der Waals surface area (Å²) in [4.78, 5) is 0. The Bertz CT molecular complexity index is 65.4. The summed E-state index contributed by atoms with van der Waals surface area (Å²) < 4.78 is 6.62. The van der Waals surface area contributed by atoms with Crippen LogP contribution in [-0.4, -0.2) is 10.8 Å². The van der Waals surface area contributed by atoms with Gasteiger partial charge >= 0.3 is 0 Å². The van der Waals surface area contributed by atoms with Crippen LogP contribution in [0, 0.1) is 0 Å². The Kier molecular flexibility index (Phi) is 5.81. The molecule has 0 fully saturated rings. The average molecular weight is 150 g/mol. The van der Waals surface area contributed by atoms with E-state index < -0.39 is 0 Å². The molecule has 0 aromatic rings. The van der Waals surface area contributed by atoms with Crippen molar-refractivity contribution in [3.8, 4) is 0 Å². The van der Waals surface area contributed by atoms with Gasteiger partial charge in [-0.3, -0.25) is 0 Å². The molecule has 1 unspecified atom stereocenters. The van der Waals surface area contributed by atoms with Gasteiger partial charge in [0.1, 0.15) is 0 Å². The van der Waals surface area contributed by atoms with Crippen LogP contribution in [-0.2, 0) is 4.18 Å². The highest BCUT2D eigenvalue weighted by molar-refractivity contribution is 8.17. The lowest BCUT2D eigenvalue weighted by molar-refractivity contribution is 0.263. The molecular formula is C5H10OS2. The zero-order valence-electron chi connectivity index (χ0n) is 5.09. The quantitative estimate of drug-likeness (QED) is 0.450. The van der Waals surface area contributed by atoms with E-state index >= 15 is 0 Å². The molecule has 0 aliphatic heterocycles. The van der Waals surface area contributed by atoms with Crippen LogP contribution in [0.25, 0.3) is 0 Å². The Labute approximate surface area is 60.0 Å². The molecule has 0 heterocycles. The minimum atomic E-state index is 0.319. The van der Waals surface area contributed by atoms with Gasteiger partial charge in [-0.2, -0.15) is 0 Å². The fourth-order valence-electron chi connectivity index (χ4n) is 0.186. The van der Waals surface area contributed by atoms with Crippen LogP contribution in [0.1, 0.15) is 20.3 Å². The van der Waals surface area contributed by atoms with E-state index in [1.165, 1.54) is 16.7 Å². The maximum atomic E-state index is 5.10. The molecule has 1 nitrogen and oxygen atoms in total. The first-order valence-electron chi connectivity index (χ1n) is 2.57. The Hall–Kier alpha value is 0.400. The highest BCUT2D eigenvalue weighted by Crippen LogP contribution is 2.05. The minimum Gasteiger partial charge on any atom is -0.307 e. The van der Waals surface area contributed by atoms with Crippen molar-refractivity contribution in [1.82, 2.24) is 0 Å². The molecule has 0 N–H and O–H groups in total. The van der Waals surface area contributed by atoms with Crippen molar-refractivity contribution in [3.63, 3.8) is 0 Å². The summed E-state index contributed by atoms with van der Waals surface area (Å²) >= 11 is 5.76. The van der Waals surface area contributed by atoms with E-state index in [1.807, 2.05) is 6.92 Å². The third-order valence-corrected chi connectivity index (χ3v) is 1.59. The van der Waals surface area contributed by atoms with E-state index in [0.717, 1.165) is 6.42 Å². The zero-order valence-corrected chi connectivity index (χ0v) is 6.72. The molecule has 0 aromatic carbocycles. The van der Waals surface area contributed by atoms with Crippen molar-refractivity contribution in [2.24, 2.45) is 0 Å². The normalized spacial score (nSPS) is 13.2. The summed E-state index contributed by atoms with van der Waals surface area (Å²) in [5.74, 6) is 0. The smallest absolute Gasteiger partial charge is 0.0696 e. The van der Waals surface area contributed by atoms with Gasteiger partial charge < -0.3 is 4.18 Å². The van der Waals surface area contributed by atoms with Crippen molar-refractivity contribution in [2.75, 3.05) is 0 Å². The van der Waals surface area contributed by atoms with Gasteiger partial charge in [0.2, 0.25) is 0 Å². The molecule has 0 radical (unpaired) electrons. The summed E-state index contributed by atoms with van der Waals surface area (Å²) in [6.45, 7) is 4.10. The summed E-state index contributed by atoms with van der Waals surface area (Å²) in [6.07, 6.45) is 1.36. The predicted octanol–water partition coefficient (Wildman–Crippen LogP) is 2.41. The second-order valence-corrected chi connectivity index (χ2v) is 2.66. The molecule has 0 bridgehead atoms. The predicted molar refractivity (Wildman–Crippen MR) is 42.1 cm³/mol. The van der Waals surface area contributed by atoms with Crippen LogP contribution in [0.4, 0.5) is 0 Å². The van der Waals surface area contributed by atoms with Crippen LogP contribution in [0.15, 0.2) is 0 Å². The van der Waals surface area contributed by atoms with Gasteiger partial charge in [-0.15, -0.1) is 0 Å². The van der Waals surface area contributed by atoms with E-state index in [9.17, 15) is 0 Å². The van der Waals surface area contributed by atoms with E-state index in [2.05, 4.69) is 19.1 Å². The van der Waals surface area contributed by atoms with Crippen molar-refractivity contribution >= 4 is 29.0 Å². The first-order chi connectivity index (χ1) is 3.81. The van der Waals surface area contributed by atoms with Gasteiger partial charge in [0.05, 0.1) is 10.8 Å². The molecule has 0 aliphatic carbocycles. The molecule has 0 amide bonds. The first kappa shape index (κ1) is 8.40. The van der Waals surface area contributed by atoms with Gasteiger partial charge in [0.25, 0.3) is 0 Å². The zero-order chi connectivity index (χ0) is 6.41. The Balaban J connectivity index is 2.97. The van der Waals surface area contributed by atoms with Crippen LogP contribution >= 0.6 is 24.3 Å². The van der Waals surface area contributed by atoms with E-state index in [0.29, 0.717) is 6.10 Å². The summed E-state index contributed by atoms with van der Waals surface area (Å²) in [6, 6.07) is 0. The summed E-state index contributed by atoms with van der Waals surface area (Å²) in [7, 11) is 0. The highest BCUT2D eigenvalue weighted by Gasteiger charge is 1.94. The molecule has 8 heavy (non-hydrogen) atoms. The van der Waals surface area contributed by atoms with E-state index in [4.69, 9.17) is 4.18 Å². The van der Waals surface area contributed by atoms with Crippen molar-refractivity contribution < 1.29 is 4.18 Å². The van der Waals surface area contributed by atoms with Gasteiger partial charge in [0.15, 0.2) is 0 Å². The molecule has 0 spiro atoms. The SMILES string of the molecule is CCC(C)OSC=S. The second kappa shape index (κ2) is 5.54. The molecule has 1 atom stereocenters. The fraction of sp³-hybridized carbons (Fsp3) is 0.800. The van der Waals surface area contributed by atoms with E-state index in [-0.39, 0.29) is 0 Å². The van der Waals surface area contributed by atoms with E-state index in [1.54, 1.807) is 0 Å². The molecular weight excluding hydrogens is 140 g/mol. The molecule has 0 aromatic heterocycles. The lowest BCUT2D eigenvalue weighted by Crippen LogP contribution is -1.98. The van der Waals surface area contributed by atoms with Gasteiger partial charge in [-0.25, -0.2) is 0 Å². The molecule has 48 valence electrons. The minimum absolute atomic E-state index is 0.319. The highest BCUT2D eigenvalue weighted by atomic mass is 32.2. The van der Waals surface area contributed by atoms with Gasteiger partial charge in [-0.05, 0) is 13.3 Å². The van der Waals surface area contributed by atoms with Crippen molar-refractivity contribution in [2.45, 2.75) is 26.4 Å². The Morgan fingerprint density at radius 1 is 1.88 bits per heavy atom. The monoisotopic (exact) mass is 150 g/mol. The number of hydrogen-bond acceptors (Lipinski definition) is 3. The van der Waals surface area contributed by atoms with Crippen LogP contribution < -0.4 is 0 Å². The Morgan fingerprint density at radius 2 is 2.50 bits per heavy atom. The van der Waals surface area contributed by atoms with Crippen LogP contribution in [0.3, 0.4) is 0 Å². The lowest BCUT2D eigenvalue weighted by atomic mass is 10.3. The largest absolute Gasteiger partial charge is 0.307 e. The standard InChI is InChI=1S/C5H10OS2/c1-3-5(2)6-8-4-7/h4-5H,3H2,1-2H3. The van der Waals surface area contributed by atoms with Crippen LogP contribution in [0.2, 0.25) is 0 Å². The molecule has 0 aliphatic rings. The maximum absolute atomic E-state index is 5.10. The van der Waals surface area contributed by atoms with Gasteiger partial charge in [0, 0.05) is 12.0 Å². The molecule has 3 heteroatoms. The average Bonchev–Trinajstić information content (AvgIpc) is 1.83. The summed E-state index contributed by atoms with van der Waals surface area (Å²) in [5, 5.41) is 0. The van der Waals surface area contributed by atoms with Crippen LogP contribution in [0.5, 0.6) is 0 Å². The molecule has 0 saturated carbocycles. The first-order valence-corrected chi connectivity index (χ1v) is 3.84. The number of thiocarbonyl (C=S) groups is 1. The topological polar surface area (TPSA) is 9.23 Å². The number of hydrogen-bond donors (Lipinski definition) is 0. The maximum Gasteiger partial charge on any atom is 0.0696 e. The fourth-order valence-corrected chi connectivity index (χ4v) is 0.693.